The van der Waals surface area contributed by atoms with Gasteiger partial charge < -0.3 is 14.5 Å². The number of aryl methyl sites for hydroxylation is 1. The van der Waals surface area contributed by atoms with Gasteiger partial charge in [0.1, 0.15) is 11.5 Å². The van der Waals surface area contributed by atoms with Crippen LogP contribution in [0.1, 0.15) is 43.8 Å². The van der Waals surface area contributed by atoms with E-state index in [1.807, 2.05) is 52.0 Å². The number of amides is 1. The van der Waals surface area contributed by atoms with Crippen LogP contribution in [0.25, 0.3) is 22.4 Å². The van der Waals surface area contributed by atoms with Crippen molar-refractivity contribution in [3.8, 4) is 11.5 Å². The van der Waals surface area contributed by atoms with Crippen LogP contribution >= 0.6 is 0 Å². The summed E-state index contributed by atoms with van der Waals surface area (Å²) in [5.74, 6) is 0.387. The number of hydrogen-bond acceptors (Lipinski definition) is 5. The predicted octanol–water partition coefficient (Wildman–Crippen LogP) is 4.26. The minimum Gasteiger partial charge on any atom is -0.460 e. The van der Waals surface area contributed by atoms with E-state index in [0.717, 1.165) is 5.76 Å². The van der Waals surface area contributed by atoms with Crippen molar-refractivity contribution in [1.82, 2.24) is 10.3 Å². The molecule has 146 valence electrons. The lowest BCUT2D eigenvalue weighted by Crippen LogP contribution is -2.46. The Morgan fingerprint density at radius 3 is 2.50 bits per heavy atom. The standard InChI is InChI=1S/C22H24N2O4/c1-13-10-11-19(27-13)18-12-16(15-8-6-7-9-17(15)23-18)21(26)28-14(2)20(25)24-22(3,4)5/h6-12,14H,1-5H3,(H,24,25)/t14-/m0/s1. The number of rotatable bonds is 4. The average Bonchev–Trinajstić information content (AvgIpc) is 3.05. The van der Waals surface area contributed by atoms with Crippen molar-refractivity contribution in [2.45, 2.75) is 46.3 Å². The minimum atomic E-state index is -0.923. The third-order valence-electron chi connectivity index (χ3n) is 4.08. The van der Waals surface area contributed by atoms with E-state index in [2.05, 4.69) is 10.3 Å². The van der Waals surface area contributed by atoms with Crippen LogP contribution in [0.3, 0.4) is 0 Å². The van der Waals surface area contributed by atoms with Gasteiger partial charge in [-0.1, -0.05) is 18.2 Å². The van der Waals surface area contributed by atoms with Gasteiger partial charge in [0, 0.05) is 10.9 Å². The Kier molecular flexibility index (Phi) is 5.23. The first-order valence-corrected chi connectivity index (χ1v) is 9.13. The Bertz CT molecular complexity index is 1030. The van der Waals surface area contributed by atoms with Crippen molar-refractivity contribution in [2.75, 3.05) is 0 Å². The van der Waals surface area contributed by atoms with E-state index in [4.69, 9.17) is 9.15 Å². The quantitative estimate of drug-likeness (QED) is 0.684. The van der Waals surface area contributed by atoms with E-state index in [1.54, 1.807) is 25.1 Å². The molecule has 0 radical (unpaired) electrons. The van der Waals surface area contributed by atoms with Gasteiger partial charge in [0.25, 0.3) is 5.91 Å². The van der Waals surface area contributed by atoms with Gasteiger partial charge in [-0.25, -0.2) is 9.78 Å². The highest BCUT2D eigenvalue weighted by Crippen LogP contribution is 2.27. The Morgan fingerprint density at radius 2 is 1.86 bits per heavy atom. The number of nitrogens with one attached hydrogen (secondary N) is 1. The molecule has 0 saturated heterocycles. The van der Waals surface area contributed by atoms with Crippen LogP contribution in [-0.4, -0.2) is 28.5 Å². The number of aromatic nitrogens is 1. The first kappa shape index (κ1) is 19.6. The van der Waals surface area contributed by atoms with E-state index in [0.29, 0.717) is 27.9 Å². The number of furan rings is 1. The zero-order chi connectivity index (χ0) is 20.5. The van der Waals surface area contributed by atoms with Crippen LogP contribution in [0.5, 0.6) is 0 Å². The molecule has 0 fully saturated rings. The van der Waals surface area contributed by atoms with Crippen molar-refractivity contribution < 1.29 is 18.7 Å². The molecule has 0 aliphatic rings. The molecule has 6 heteroatoms. The van der Waals surface area contributed by atoms with Crippen molar-refractivity contribution in [2.24, 2.45) is 0 Å². The van der Waals surface area contributed by atoms with E-state index in [1.165, 1.54) is 0 Å². The highest BCUT2D eigenvalue weighted by Gasteiger charge is 2.24. The molecule has 1 N–H and O–H groups in total. The maximum absolute atomic E-state index is 12.9. The van der Waals surface area contributed by atoms with E-state index < -0.39 is 17.6 Å². The molecule has 1 aromatic carbocycles. The third-order valence-corrected chi connectivity index (χ3v) is 4.08. The molecule has 3 rings (SSSR count). The van der Waals surface area contributed by atoms with Crippen molar-refractivity contribution in [3.63, 3.8) is 0 Å². The molecule has 0 saturated carbocycles. The molecule has 3 aromatic rings. The van der Waals surface area contributed by atoms with E-state index >= 15 is 0 Å². The van der Waals surface area contributed by atoms with Gasteiger partial charge in [-0.15, -0.1) is 0 Å². The first-order valence-electron chi connectivity index (χ1n) is 9.13. The maximum Gasteiger partial charge on any atom is 0.339 e. The van der Waals surface area contributed by atoms with Crippen LogP contribution < -0.4 is 5.32 Å². The Hall–Kier alpha value is -3.15. The second-order valence-electron chi connectivity index (χ2n) is 7.77. The number of para-hydroxylation sites is 1. The normalized spacial score (nSPS) is 12.6. The number of carbonyl (C=O) groups excluding carboxylic acids is 2. The molecule has 0 unspecified atom stereocenters. The van der Waals surface area contributed by atoms with Crippen molar-refractivity contribution >= 4 is 22.8 Å². The fourth-order valence-electron chi connectivity index (χ4n) is 2.79. The molecule has 0 spiro atoms. The molecule has 2 heterocycles. The number of carbonyl (C=O) groups is 2. The molecule has 2 aromatic heterocycles. The minimum absolute atomic E-state index is 0.338. The zero-order valence-electron chi connectivity index (χ0n) is 16.7. The van der Waals surface area contributed by atoms with Crippen LogP contribution in [0.4, 0.5) is 0 Å². The number of benzene rings is 1. The number of esters is 1. The first-order chi connectivity index (χ1) is 13.1. The Labute approximate surface area is 163 Å². The monoisotopic (exact) mass is 380 g/mol. The summed E-state index contributed by atoms with van der Waals surface area (Å²) in [7, 11) is 0. The molecular weight excluding hydrogens is 356 g/mol. The zero-order valence-corrected chi connectivity index (χ0v) is 16.7. The second-order valence-corrected chi connectivity index (χ2v) is 7.77. The van der Waals surface area contributed by atoms with Gasteiger partial charge in [0.15, 0.2) is 11.9 Å². The number of ether oxygens (including phenoxy) is 1. The van der Waals surface area contributed by atoms with Gasteiger partial charge in [-0.3, -0.25) is 4.79 Å². The van der Waals surface area contributed by atoms with E-state index in [9.17, 15) is 9.59 Å². The number of pyridine rings is 1. The van der Waals surface area contributed by atoms with Gasteiger partial charge in [0.2, 0.25) is 0 Å². The smallest absolute Gasteiger partial charge is 0.339 e. The third kappa shape index (κ3) is 4.39. The van der Waals surface area contributed by atoms with Gasteiger partial charge in [-0.05, 0) is 58.9 Å². The fourth-order valence-corrected chi connectivity index (χ4v) is 2.79. The predicted molar refractivity (Wildman–Crippen MR) is 107 cm³/mol. The molecule has 0 aliphatic heterocycles. The Morgan fingerprint density at radius 1 is 1.14 bits per heavy atom. The van der Waals surface area contributed by atoms with Gasteiger partial charge in [0.05, 0.1) is 11.1 Å². The lowest BCUT2D eigenvalue weighted by Gasteiger charge is -2.23. The summed E-state index contributed by atoms with van der Waals surface area (Å²) in [4.78, 5) is 29.7. The molecule has 0 aliphatic carbocycles. The SMILES string of the molecule is Cc1ccc(-c2cc(C(=O)O[C@@H](C)C(=O)NC(C)(C)C)c3ccccc3n2)o1. The van der Waals surface area contributed by atoms with Gasteiger partial charge >= 0.3 is 5.97 Å². The van der Waals surface area contributed by atoms with Crippen molar-refractivity contribution in [3.05, 3.63) is 53.8 Å². The lowest BCUT2D eigenvalue weighted by atomic mass is 10.1. The molecule has 1 amide bonds. The van der Waals surface area contributed by atoms with Gasteiger partial charge in [-0.2, -0.15) is 0 Å². The van der Waals surface area contributed by atoms with Crippen LogP contribution in [0, 0.1) is 6.92 Å². The van der Waals surface area contributed by atoms with E-state index in [-0.39, 0.29) is 5.91 Å². The molecule has 6 nitrogen and oxygen atoms in total. The second kappa shape index (κ2) is 7.46. The number of fused-ring (bicyclic) bond motifs is 1. The maximum atomic E-state index is 12.9. The number of nitrogens with zero attached hydrogens (tertiary/aromatic N) is 1. The molecule has 28 heavy (non-hydrogen) atoms. The summed E-state index contributed by atoms with van der Waals surface area (Å²) in [6.45, 7) is 9.00. The van der Waals surface area contributed by atoms with Crippen LogP contribution in [0.2, 0.25) is 0 Å². The highest BCUT2D eigenvalue weighted by molar-refractivity contribution is 6.05. The lowest BCUT2D eigenvalue weighted by molar-refractivity contribution is -0.130. The van der Waals surface area contributed by atoms with Crippen LogP contribution in [0.15, 0.2) is 46.9 Å². The number of hydrogen-bond donors (Lipinski definition) is 1. The molecule has 1 atom stereocenters. The Balaban J connectivity index is 1.94. The summed E-state index contributed by atoms with van der Waals surface area (Å²) in [6.07, 6.45) is -0.923. The largest absolute Gasteiger partial charge is 0.460 e. The summed E-state index contributed by atoms with van der Waals surface area (Å²) >= 11 is 0. The summed E-state index contributed by atoms with van der Waals surface area (Å²) in [5.41, 5.74) is 1.11. The van der Waals surface area contributed by atoms with Crippen LogP contribution in [-0.2, 0) is 9.53 Å². The summed E-state index contributed by atoms with van der Waals surface area (Å²) < 4.78 is 11.1. The fraction of sp³-hybridized carbons (Fsp3) is 0.318. The summed E-state index contributed by atoms with van der Waals surface area (Å²) in [6, 6.07) is 12.6. The average molecular weight is 380 g/mol. The molecular formula is C22H24N2O4. The topological polar surface area (TPSA) is 81.4 Å². The molecule has 0 bridgehead atoms. The van der Waals surface area contributed by atoms with Crippen molar-refractivity contribution in [1.29, 1.82) is 0 Å². The highest BCUT2D eigenvalue weighted by atomic mass is 16.5. The summed E-state index contributed by atoms with van der Waals surface area (Å²) in [5, 5.41) is 3.46.